The summed E-state index contributed by atoms with van der Waals surface area (Å²) in [5.41, 5.74) is -0.821. The Morgan fingerprint density at radius 2 is 1.85 bits per heavy atom. The number of piperazine rings is 1. The molecule has 11 heteroatoms. The van der Waals surface area contributed by atoms with E-state index in [0.29, 0.717) is 5.01 Å². The Kier molecular flexibility index (Phi) is 4.45. The molecule has 1 fully saturated rings. The molecule has 0 aliphatic carbocycles. The third kappa shape index (κ3) is 3.74. The molecule has 20 heavy (non-hydrogen) atoms. The van der Waals surface area contributed by atoms with Crippen molar-refractivity contribution in [2.45, 2.75) is 38.6 Å². The lowest BCUT2D eigenvalue weighted by Gasteiger charge is -2.35. The fraction of sp³-hybridized carbons (Fsp3) is 0.889. The van der Waals surface area contributed by atoms with Crippen LogP contribution in [0.4, 0.5) is 0 Å². The van der Waals surface area contributed by atoms with Crippen LogP contribution in [0.2, 0.25) is 0 Å². The number of nitrogens with zero attached hydrogens (tertiary/aromatic N) is 4. The minimum atomic E-state index is -1.45. The zero-order valence-corrected chi connectivity index (χ0v) is 11.4. The molecule has 2 atom stereocenters. The molecule has 0 aromatic carbocycles. The zero-order valence-electron chi connectivity index (χ0n) is 11.4. The van der Waals surface area contributed by atoms with Crippen LogP contribution >= 0.6 is 0 Å². The van der Waals surface area contributed by atoms with Gasteiger partial charge in [0.2, 0.25) is 6.04 Å². The number of hydrogen-bond donors (Lipinski definition) is 1. The molecule has 0 bridgehead atoms. The first-order valence-corrected chi connectivity index (χ1v) is 5.81. The number of carbonyl (C=O) groups excluding carboxylic acids is 1. The van der Waals surface area contributed by atoms with Crippen molar-refractivity contribution >= 4 is 5.97 Å². The minimum Gasteiger partial charge on any atom is -0.458 e. The van der Waals surface area contributed by atoms with E-state index in [9.17, 15) is 25.0 Å². The SMILES string of the molecule is CC(C)(C)OC(=O)C1CN(N)C([N+](=O)[O-])CN1[N+](=O)[O-]. The Balaban J connectivity index is 2.92. The van der Waals surface area contributed by atoms with Crippen LogP contribution in [0.3, 0.4) is 0 Å². The van der Waals surface area contributed by atoms with E-state index in [1.807, 2.05) is 0 Å². The van der Waals surface area contributed by atoms with Crippen molar-refractivity contribution in [3.63, 3.8) is 0 Å². The standard InChI is InChI=1S/C9H17N5O6/c1-9(2,3)20-8(15)6-4-11(10)7(13(16)17)5-12(6)14(18)19/h6-7H,4-5,10H2,1-3H3. The molecule has 0 aromatic heterocycles. The monoisotopic (exact) mass is 291 g/mol. The molecule has 0 spiro atoms. The molecular weight excluding hydrogens is 274 g/mol. The maximum Gasteiger partial charge on any atom is 0.336 e. The van der Waals surface area contributed by atoms with Crippen molar-refractivity contribution in [1.29, 1.82) is 0 Å². The largest absolute Gasteiger partial charge is 0.458 e. The average molecular weight is 291 g/mol. The number of rotatable bonds is 3. The number of carbonyl (C=O) groups is 1. The first kappa shape index (κ1) is 16.0. The molecular formula is C9H17N5O6. The second-order valence-corrected chi connectivity index (χ2v) is 5.37. The highest BCUT2D eigenvalue weighted by Crippen LogP contribution is 2.17. The van der Waals surface area contributed by atoms with Crippen molar-refractivity contribution in [2.24, 2.45) is 5.84 Å². The quantitative estimate of drug-likeness (QED) is 0.299. The van der Waals surface area contributed by atoms with E-state index in [0.717, 1.165) is 5.01 Å². The Labute approximate surface area is 114 Å². The van der Waals surface area contributed by atoms with Gasteiger partial charge >= 0.3 is 12.1 Å². The van der Waals surface area contributed by atoms with Gasteiger partial charge in [-0.05, 0) is 20.8 Å². The van der Waals surface area contributed by atoms with Gasteiger partial charge < -0.3 is 4.74 Å². The van der Waals surface area contributed by atoms with Gasteiger partial charge in [-0.3, -0.25) is 16.0 Å². The van der Waals surface area contributed by atoms with Crippen LogP contribution in [0.25, 0.3) is 0 Å². The van der Waals surface area contributed by atoms with Crippen LogP contribution < -0.4 is 5.84 Å². The van der Waals surface area contributed by atoms with Crippen LogP contribution in [0.15, 0.2) is 0 Å². The summed E-state index contributed by atoms with van der Waals surface area (Å²) in [4.78, 5) is 32.9. The van der Waals surface area contributed by atoms with Gasteiger partial charge in [0, 0.05) is 4.92 Å². The minimum absolute atomic E-state index is 0.360. The van der Waals surface area contributed by atoms with Gasteiger partial charge in [0.25, 0.3) is 0 Å². The lowest BCUT2D eigenvalue weighted by molar-refractivity contribution is -0.684. The second kappa shape index (κ2) is 5.54. The predicted molar refractivity (Wildman–Crippen MR) is 65.0 cm³/mol. The Bertz CT molecular complexity index is 422. The zero-order chi connectivity index (χ0) is 15.7. The van der Waals surface area contributed by atoms with Gasteiger partial charge in [-0.1, -0.05) is 0 Å². The molecule has 0 amide bonds. The van der Waals surface area contributed by atoms with Gasteiger partial charge in [-0.15, -0.1) is 5.01 Å². The number of ether oxygens (including phenoxy) is 1. The van der Waals surface area contributed by atoms with Crippen molar-refractivity contribution in [2.75, 3.05) is 13.1 Å². The number of nitrogens with two attached hydrogens (primary N) is 1. The number of hydrazine groups is 2. The van der Waals surface area contributed by atoms with Gasteiger partial charge in [-0.2, -0.15) is 5.01 Å². The van der Waals surface area contributed by atoms with Crippen LogP contribution in [0.1, 0.15) is 20.8 Å². The van der Waals surface area contributed by atoms with Gasteiger partial charge in [0.15, 0.2) is 11.6 Å². The van der Waals surface area contributed by atoms with E-state index in [2.05, 4.69) is 0 Å². The lowest BCUT2D eigenvalue weighted by Crippen LogP contribution is -2.66. The summed E-state index contributed by atoms with van der Waals surface area (Å²) < 4.78 is 5.06. The summed E-state index contributed by atoms with van der Waals surface area (Å²) in [7, 11) is 0. The third-order valence-electron chi connectivity index (χ3n) is 2.61. The Hall–Kier alpha value is -2.01. The summed E-state index contributed by atoms with van der Waals surface area (Å²) >= 11 is 0. The van der Waals surface area contributed by atoms with E-state index >= 15 is 0 Å². The van der Waals surface area contributed by atoms with E-state index in [1.54, 1.807) is 20.8 Å². The number of hydrogen-bond acceptors (Lipinski definition) is 8. The van der Waals surface area contributed by atoms with E-state index < -0.39 is 40.3 Å². The normalized spacial score (nSPS) is 24.3. The molecule has 0 aromatic rings. The van der Waals surface area contributed by atoms with Crippen molar-refractivity contribution in [1.82, 2.24) is 10.0 Å². The number of nitro groups is 2. The molecule has 114 valence electrons. The van der Waals surface area contributed by atoms with Crippen molar-refractivity contribution in [3.8, 4) is 0 Å². The van der Waals surface area contributed by atoms with E-state index in [4.69, 9.17) is 10.6 Å². The van der Waals surface area contributed by atoms with Crippen LogP contribution in [0.5, 0.6) is 0 Å². The second-order valence-electron chi connectivity index (χ2n) is 5.37. The van der Waals surface area contributed by atoms with Crippen molar-refractivity contribution < 1.29 is 19.5 Å². The van der Waals surface area contributed by atoms with Crippen molar-refractivity contribution in [3.05, 3.63) is 20.2 Å². The van der Waals surface area contributed by atoms with E-state index in [-0.39, 0.29) is 6.54 Å². The topological polar surface area (TPSA) is 145 Å². The molecule has 1 aliphatic rings. The highest BCUT2D eigenvalue weighted by Gasteiger charge is 2.48. The predicted octanol–water partition coefficient (Wildman–Crippen LogP) is -1.02. The number of esters is 1. The van der Waals surface area contributed by atoms with Gasteiger partial charge in [0.1, 0.15) is 5.60 Å². The Morgan fingerprint density at radius 3 is 2.25 bits per heavy atom. The summed E-state index contributed by atoms with van der Waals surface area (Å²) in [6.07, 6.45) is -1.45. The molecule has 1 aliphatic heterocycles. The first-order valence-electron chi connectivity index (χ1n) is 5.81. The summed E-state index contributed by atoms with van der Waals surface area (Å²) in [5, 5.41) is 22.2. The highest BCUT2D eigenvalue weighted by molar-refractivity contribution is 5.76. The fourth-order valence-corrected chi connectivity index (χ4v) is 1.75. The third-order valence-corrected chi connectivity index (χ3v) is 2.61. The molecule has 1 heterocycles. The molecule has 11 nitrogen and oxygen atoms in total. The fourth-order valence-electron chi connectivity index (χ4n) is 1.75. The van der Waals surface area contributed by atoms with Gasteiger partial charge in [0.05, 0.1) is 6.54 Å². The Morgan fingerprint density at radius 1 is 1.30 bits per heavy atom. The smallest absolute Gasteiger partial charge is 0.336 e. The van der Waals surface area contributed by atoms with Crippen LogP contribution in [0, 0.1) is 20.2 Å². The highest BCUT2D eigenvalue weighted by atomic mass is 16.7. The molecule has 1 rings (SSSR count). The molecule has 2 N–H and O–H groups in total. The summed E-state index contributed by atoms with van der Waals surface area (Å²) in [6.45, 7) is 3.89. The molecule has 2 unspecified atom stereocenters. The molecule has 0 saturated carbocycles. The first-order chi connectivity index (χ1) is 9.03. The van der Waals surface area contributed by atoms with E-state index in [1.165, 1.54) is 0 Å². The summed E-state index contributed by atoms with van der Waals surface area (Å²) in [5.74, 6) is 4.63. The maximum absolute atomic E-state index is 11.9. The van der Waals surface area contributed by atoms with Crippen LogP contribution in [-0.4, -0.2) is 56.8 Å². The van der Waals surface area contributed by atoms with Gasteiger partial charge in [-0.25, -0.2) is 14.9 Å². The molecule has 1 saturated heterocycles. The lowest BCUT2D eigenvalue weighted by atomic mass is 10.1. The molecule has 0 radical (unpaired) electrons. The van der Waals surface area contributed by atoms with Crippen LogP contribution in [-0.2, 0) is 9.53 Å². The maximum atomic E-state index is 11.9. The summed E-state index contributed by atoms with van der Waals surface area (Å²) in [6, 6.07) is -1.29. The average Bonchev–Trinajstić information content (AvgIpc) is 2.25.